The van der Waals surface area contributed by atoms with Crippen molar-refractivity contribution < 1.29 is 77.2 Å². The molecular weight excluding hydrogens is 1230 g/mol. The van der Waals surface area contributed by atoms with Gasteiger partial charge in [-0.2, -0.15) is 10.5 Å². The molecule has 0 aliphatic carbocycles. The molecule has 25 heteroatoms. The van der Waals surface area contributed by atoms with Crippen LogP contribution < -0.4 is 9.47 Å². The van der Waals surface area contributed by atoms with E-state index in [2.05, 4.69) is 19.9 Å². The molecule has 93 heavy (non-hydrogen) atoms. The maximum absolute atomic E-state index is 16.5. The monoisotopic (exact) mass is 1280 g/mol. The summed E-state index contributed by atoms with van der Waals surface area (Å²) >= 11 is 0. The van der Waals surface area contributed by atoms with Crippen molar-refractivity contribution in [1.82, 2.24) is 29.1 Å². The van der Waals surface area contributed by atoms with Gasteiger partial charge in [0.25, 0.3) is 0 Å². The quantitative estimate of drug-likeness (QED) is 0.0385. The number of pyridine rings is 2. The highest BCUT2D eigenvalue weighted by atomic mass is 19.2. The smallest absolute Gasteiger partial charge is 0.346 e. The van der Waals surface area contributed by atoms with E-state index in [4.69, 9.17) is 34.2 Å². The van der Waals surface area contributed by atoms with Crippen LogP contribution >= 0.6 is 0 Å². The minimum Gasteiger partial charge on any atom is -0.473 e. The van der Waals surface area contributed by atoms with Crippen LogP contribution in [0.4, 0.5) is 43.9 Å². The first-order valence-corrected chi connectivity index (χ1v) is 28.6. The fraction of sp³-hybridized carbons (Fsp3) is 0.235. The minimum absolute atomic E-state index is 0.0390. The highest BCUT2D eigenvalue weighted by Gasteiger charge is 2.42. The van der Waals surface area contributed by atoms with Crippen molar-refractivity contribution in [3.05, 3.63) is 224 Å². The molecule has 4 aromatic heterocycles. The van der Waals surface area contributed by atoms with E-state index in [0.29, 0.717) is 24.3 Å². The highest BCUT2D eigenvalue weighted by molar-refractivity contribution is 6.05. The van der Waals surface area contributed by atoms with Gasteiger partial charge in [-0.25, -0.2) is 73.4 Å². The van der Waals surface area contributed by atoms with E-state index in [9.17, 15) is 18.4 Å². The number of ether oxygens (including phenoxy) is 5. The second kappa shape index (κ2) is 24.6. The Labute approximate surface area is 522 Å². The van der Waals surface area contributed by atoms with E-state index < -0.39 is 150 Å². The molecular formula is C68H48F10N8O7. The Kier molecular flexibility index (Phi) is 16.6. The molecule has 6 heterocycles. The molecule has 2 saturated heterocycles. The SMILES string of the molecule is CC1(C)COCC1n1c(Cc2c(F)cc(-c3cccc(OCc4ccc(C#N)cc4F)n3)c(F)c2F)nc2c(F)cc(C(=O)OC(=O)c3cc(F)c4nc(Cc5c(F)cc(-c6cccc(OCc7ccc(C#N)cc7F)n6)c(F)c5F)n(C5COCC5(C)C)c4c3)cc21. The number of esters is 2. The van der Waals surface area contributed by atoms with Crippen LogP contribution in [0.15, 0.2) is 109 Å². The minimum atomic E-state index is -1.64. The van der Waals surface area contributed by atoms with Gasteiger partial charge in [0, 0.05) is 69.2 Å². The molecule has 0 N–H and O–H groups in total. The van der Waals surface area contributed by atoms with Gasteiger partial charge >= 0.3 is 11.9 Å². The molecule has 2 aliphatic heterocycles. The number of halogens is 10. The average molecular weight is 1280 g/mol. The van der Waals surface area contributed by atoms with E-state index >= 15 is 35.1 Å². The molecule has 0 spiro atoms. The van der Waals surface area contributed by atoms with Crippen molar-refractivity contribution in [2.24, 2.45) is 10.8 Å². The zero-order valence-electron chi connectivity index (χ0n) is 49.4. The third-order valence-corrected chi connectivity index (χ3v) is 16.5. The van der Waals surface area contributed by atoms with Crippen LogP contribution in [-0.4, -0.2) is 67.4 Å². The number of fused-ring (bicyclic) bond motifs is 2. The lowest BCUT2D eigenvalue weighted by atomic mass is 9.87. The Morgan fingerprint density at radius 3 is 1.29 bits per heavy atom. The second-order valence-electron chi connectivity index (χ2n) is 23.7. The van der Waals surface area contributed by atoms with E-state index in [-0.39, 0.29) is 108 Å². The standard InChI is InChI=1S/C68H48F10N8O7/c1-67(2)31-89-29-53(67)85-51-19-37(17-47(73)63(51)83-55(85)23-39-45(71)21-41(61(77)59(39)75)49-7-5-9-57(81-49)91-27-35-13-11-33(25-79)15-43(35)69)65(87)93-66(88)38-18-48(74)64-52(20-38)86(54-30-90-32-68(54,3)4)56(84-64)24-40-46(72)22-42(62(78)60(40)76)50-8-6-10-58(82-50)92-28-36-14-12-34(26-80)16-44(36)70/h5-22,53-54H,23-24,27-32H2,1-4H3. The molecule has 472 valence electrons. The average Bonchev–Trinajstić information content (AvgIpc) is 1.62. The molecule has 2 unspecified atom stereocenters. The third kappa shape index (κ3) is 12.0. The van der Waals surface area contributed by atoms with Gasteiger partial charge in [-0.3, -0.25) is 0 Å². The largest absolute Gasteiger partial charge is 0.473 e. The number of aromatic nitrogens is 6. The summed E-state index contributed by atoms with van der Waals surface area (Å²) in [6, 6.07) is 22.6. The summed E-state index contributed by atoms with van der Waals surface area (Å²) in [6.45, 7) is 6.66. The number of carbonyl (C=O) groups is 2. The molecule has 0 bridgehead atoms. The van der Waals surface area contributed by atoms with E-state index in [1.54, 1.807) is 27.7 Å². The Bertz CT molecular complexity index is 4530. The predicted molar refractivity (Wildman–Crippen MR) is 312 cm³/mol. The van der Waals surface area contributed by atoms with Gasteiger partial charge in [-0.15, -0.1) is 0 Å². The molecule has 0 radical (unpaired) electrons. The van der Waals surface area contributed by atoms with Gasteiger partial charge in [-0.1, -0.05) is 52.0 Å². The van der Waals surface area contributed by atoms with E-state index in [1.165, 1.54) is 69.8 Å². The molecule has 12 rings (SSSR count). The van der Waals surface area contributed by atoms with Gasteiger partial charge in [-0.05, 0) is 72.8 Å². The van der Waals surface area contributed by atoms with Crippen LogP contribution in [-0.2, 0) is 40.3 Å². The Morgan fingerprint density at radius 2 is 0.925 bits per heavy atom. The Morgan fingerprint density at radius 1 is 0.516 bits per heavy atom. The first kappa shape index (κ1) is 62.7. The number of rotatable bonds is 16. The van der Waals surface area contributed by atoms with Gasteiger partial charge in [0.1, 0.15) is 59.2 Å². The fourth-order valence-electron chi connectivity index (χ4n) is 11.5. The summed E-state index contributed by atoms with van der Waals surface area (Å²) in [5.74, 6) is -16.1. The maximum Gasteiger partial charge on any atom is 0.346 e. The molecule has 2 fully saturated rings. The first-order valence-electron chi connectivity index (χ1n) is 28.6. The summed E-state index contributed by atoms with van der Waals surface area (Å²) in [6.07, 6.45) is -1.55. The molecule has 6 aromatic carbocycles. The van der Waals surface area contributed by atoms with Crippen LogP contribution in [0.3, 0.4) is 0 Å². The second-order valence-corrected chi connectivity index (χ2v) is 23.7. The number of imidazole rings is 2. The van der Waals surface area contributed by atoms with Crippen molar-refractivity contribution in [3.8, 4) is 46.4 Å². The summed E-state index contributed by atoms with van der Waals surface area (Å²) in [7, 11) is 0. The normalized spacial score (nSPS) is 15.8. The van der Waals surface area contributed by atoms with Crippen LogP contribution in [0.5, 0.6) is 11.8 Å². The lowest BCUT2D eigenvalue weighted by Gasteiger charge is -2.28. The highest BCUT2D eigenvalue weighted by Crippen LogP contribution is 2.44. The van der Waals surface area contributed by atoms with Crippen LogP contribution in [0.25, 0.3) is 44.6 Å². The van der Waals surface area contributed by atoms with Crippen LogP contribution in [0.1, 0.15) is 106 Å². The van der Waals surface area contributed by atoms with Crippen molar-refractivity contribution in [3.63, 3.8) is 0 Å². The summed E-state index contributed by atoms with van der Waals surface area (Å²) in [5.41, 5.74) is -6.77. The molecule has 0 amide bonds. The topological polar surface area (TPSA) is 189 Å². The molecule has 2 atom stereocenters. The van der Waals surface area contributed by atoms with Crippen molar-refractivity contribution in [2.45, 2.75) is 65.8 Å². The Hall–Kier alpha value is -10.5. The lowest BCUT2D eigenvalue weighted by molar-refractivity contribution is 0.0397. The van der Waals surface area contributed by atoms with Gasteiger partial charge in [0.2, 0.25) is 11.8 Å². The van der Waals surface area contributed by atoms with Crippen molar-refractivity contribution in [1.29, 1.82) is 10.5 Å². The fourth-order valence-corrected chi connectivity index (χ4v) is 11.5. The van der Waals surface area contributed by atoms with Crippen LogP contribution in [0, 0.1) is 91.7 Å². The number of nitrogens with zero attached hydrogens (tertiary/aromatic N) is 8. The van der Waals surface area contributed by atoms with E-state index in [0.717, 1.165) is 24.3 Å². The van der Waals surface area contributed by atoms with Crippen LogP contribution in [0.2, 0.25) is 0 Å². The molecule has 15 nitrogen and oxygen atoms in total. The van der Waals surface area contributed by atoms with Gasteiger partial charge in [0.05, 0.1) is 95.3 Å². The summed E-state index contributed by atoms with van der Waals surface area (Å²) in [5, 5.41) is 18.1. The van der Waals surface area contributed by atoms with E-state index in [1.807, 2.05) is 12.1 Å². The maximum atomic E-state index is 16.5. The molecule has 10 aromatic rings. The zero-order chi connectivity index (χ0) is 65.9. The van der Waals surface area contributed by atoms with Gasteiger partial charge < -0.3 is 32.8 Å². The number of benzene rings is 6. The lowest BCUT2D eigenvalue weighted by Crippen LogP contribution is -2.27. The summed E-state index contributed by atoms with van der Waals surface area (Å²) < 4.78 is 191. The summed E-state index contributed by atoms with van der Waals surface area (Å²) in [4.78, 5) is 45.3. The van der Waals surface area contributed by atoms with Crippen molar-refractivity contribution >= 4 is 34.0 Å². The Balaban J connectivity index is 0.823. The predicted octanol–water partition coefficient (Wildman–Crippen LogP) is 14.2. The third-order valence-electron chi connectivity index (χ3n) is 16.5. The number of hydrogen-bond donors (Lipinski definition) is 0. The molecule has 0 saturated carbocycles. The number of carbonyl (C=O) groups excluding carboxylic acids is 2. The van der Waals surface area contributed by atoms with Gasteiger partial charge in [0.15, 0.2) is 34.9 Å². The number of nitriles is 2. The van der Waals surface area contributed by atoms with Crippen molar-refractivity contribution in [2.75, 3.05) is 26.4 Å². The first-order chi connectivity index (χ1) is 44.4. The molecule has 2 aliphatic rings. The number of hydrogen-bond acceptors (Lipinski definition) is 13. The zero-order valence-corrected chi connectivity index (χ0v) is 49.4.